The molecule has 2 bridgehead atoms. The van der Waals surface area contributed by atoms with Crippen molar-refractivity contribution < 1.29 is 86.8 Å². The highest BCUT2D eigenvalue weighted by atomic mass is 32.2. The van der Waals surface area contributed by atoms with Gasteiger partial charge in [-0.3, -0.25) is 9.59 Å². The van der Waals surface area contributed by atoms with Crippen molar-refractivity contribution >= 4 is 41.7 Å². The van der Waals surface area contributed by atoms with Gasteiger partial charge in [-0.1, -0.05) is 76.2 Å². The predicted octanol–water partition coefficient (Wildman–Crippen LogP) is 3.17. The van der Waals surface area contributed by atoms with Gasteiger partial charge in [-0.05, 0) is 41.7 Å². The fraction of sp³-hybridized carbons (Fsp3) is 0.587. The normalized spacial score (nSPS) is 30.8. The zero-order chi connectivity index (χ0) is 48.0. The maximum absolute atomic E-state index is 15.0. The Kier molecular flexibility index (Phi) is 16.5. The van der Waals surface area contributed by atoms with Gasteiger partial charge in [0.05, 0.1) is 37.4 Å². The average molecular weight is 946 g/mol. The molecule has 66 heavy (non-hydrogen) atoms. The van der Waals surface area contributed by atoms with Gasteiger partial charge in [-0.15, -0.1) is 9.32 Å². The first kappa shape index (κ1) is 51.1. The van der Waals surface area contributed by atoms with E-state index in [1.807, 2.05) is 0 Å². The minimum absolute atomic E-state index is 0.0218. The second-order valence-corrected chi connectivity index (χ2v) is 18.6. The van der Waals surface area contributed by atoms with Crippen LogP contribution in [0.1, 0.15) is 82.6 Å². The molecule has 3 aliphatic carbocycles. The minimum Gasteiger partial charge on any atom is -0.455 e. The van der Waals surface area contributed by atoms with Crippen LogP contribution in [0.4, 0.5) is 0 Å². The van der Waals surface area contributed by atoms with Crippen molar-refractivity contribution in [3.05, 3.63) is 82.9 Å². The van der Waals surface area contributed by atoms with E-state index in [-0.39, 0.29) is 43.0 Å². The Bertz CT molecular complexity index is 2090. The summed E-state index contributed by atoms with van der Waals surface area (Å²) in [6.45, 7) is 8.58. The van der Waals surface area contributed by atoms with E-state index in [0.717, 1.165) is 12.0 Å². The summed E-state index contributed by atoms with van der Waals surface area (Å²) in [7, 11) is 0. The highest BCUT2D eigenvalue weighted by Gasteiger charge is 2.78. The number of ketones is 1. The molecule has 362 valence electrons. The number of Topliss-reactive ketones (excluding diaryl/α,β-unsaturated/α-hetero) is 1. The lowest BCUT2D eigenvalue weighted by atomic mass is 9.44. The van der Waals surface area contributed by atoms with Crippen molar-refractivity contribution in [1.82, 2.24) is 0 Å². The number of hydrogen-bond acceptors (Lipinski definition) is 20. The third kappa shape index (κ3) is 9.95. The molecule has 1 saturated heterocycles. The number of hydrogen-bond donors (Lipinski definition) is 4. The molecule has 0 radical (unpaired) electrons. The number of carbonyl (C=O) groups is 5. The number of aliphatic hydroxyl groups excluding tert-OH is 2. The molecule has 2 aromatic rings. The summed E-state index contributed by atoms with van der Waals surface area (Å²) in [5.41, 5.74) is -6.94. The van der Waals surface area contributed by atoms with Crippen molar-refractivity contribution in [2.24, 2.45) is 22.6 Å². The van der Waals surface area contributed by atoms with Crippen LogP contribution in [0.25, 0.3) is 0 Å². The largest absolute Gasteiger partial charge is 0.455 e. The van der Waals surface area contributed by atoms with Crippen LogP contribution >= 0.6 is 12.0 Å². The van der Waals surface area contributed by atoms with Crippen LogP contribution in [-0.2, 0) is 66.7 Å². The fourth-order valence-corrected chi connectivity index (χ4v) is 10.5. The molecule has 19 nitrogen and oxygen atoms in total. The summed E-state index contributed by atoms with van der Waals surface area (Å²) in [6, 6.07) is 16.7. The quantitative estimate of drug-likeness (QED) is 0.0371. The molecule has 1 aliphatic heterocycles. The zero-order valence-electron chi connectivity index (χ0n) is 37.7. The lowest BCUT2D eigenvalue weighted by Gasteiger charge is -2.68. The third-order valence-electron chi connectivity index (χ3n) is 13.7. The van der Waals surface area contributed by atoms with Gasteiger partial charge in [-0.2, -0.15) is 5.90 Å². The Morgan fingerprint density at radius 2 is 1.62 bits per heavy atom. The number of esters is 4. The van der Waals surface area contributed by atoms with Crippen molar-refractivity contribution in [2.45, 2.75) is 115 Å². The van der Waals surface area contributed by atoms with Gasteiger partial charge < -0.3 is 48.5 Å². The second kappa shape index (κ2) is 21.3. The van der Waals surface area contributed by atoms with Crippen molar-refractivity contribution in [1.29, 1.82) is 0 Å². The molecule has 20 heteroatoms. The van der Waals surface area contributed by atoms with Gasteiger partial charge in [-0.25, -0.2) is 14.4 Å². The van der Waals surface area contributed by atoms with E-state index in [1.165, 1.54) is 32.9 Å². The van der Waals surface area contributed by atoms with E-state index in [4.69, 9.17) is 39.1 Å². The van der Waals surface area contributed by atoms with Gasteiger partial charge >= 0.3 is 23.9 Å². The molecule has 6 rings (SSSR count). The topological polar surface area (TPSA) is 264 Å². The number of ether oxygens (including phenoxy) is 7. The van der Waals surface area contributed by atoms with Crippen molar-refractivity contribution in [3.63, 3.8) is 0 Å². The van der Waals surface area contributed by atoms with E-state index in [9.17, 15) is 39.3 Å². The van der Waals surface area contributed by atoms with Crippen LogP contribution in [0.3, 0.4) is 0 Å². The Labute approximate surface area is 386 Å². The van der Waals surface area contributed by atoms with Gasteiger partial charge in [0, 0.05) is 66.5 Å². The van der Waals surface area contributed by atoms with Crippen LogP contribution in [-0.4, -0.2) is 132 Å². The van der Waals surface area contributed by atoms with Crippen LogP contribution in [0, 0.1) is 16.7 Å². The molecule has 0 spiro atoms. The number of fused-ring (bicyclic) bond motifs is 5. The maximum Gasteiger partial charge on any atom is 0.348 e. The molecular weight excluding hydrogens is 887 g/mol. The van der Waals surface area contributed by atoms with E-state index < -0.39 is 113 Å². The summed E-state index contributed by atoms with van der Waals surface area (Å²) in [5, 5.41) is 42.0. The molecular formula is C46H59NO18S. The molecule has 0 aromatic heterocycles. The minimum atomic E-state index is -2.36. The number of aliphatic hydroxyl groups is 3. The Balaban J connectivity index is 1.33. The van der Waals surface area contributed by atoms with Gasteiger partial charge in [0.25, 0.3) is 0 Å². The van der Waals surface area contributed by atoms with E-state index >= 15 is 0 Å². The van der Waals surface area contributed by atoms with Crippen LogP contribution in [0.2, 0.25) is 0 Å². The first-order valence-corrected chi connectivity index (χ1v) is 22.6. The predicted molar refractivity (Wildman–Crippen MR) is 230 cm³/mol. The van der Waals surface area contributed by atoms with Gasteiger partial charge in [0.1, 0.15) is 36.6 Å². The average Bonchev–Trinajstić information content (AvgIpc) is 3.28. The lowest BCUT2D eigenvalue weighted by Crippen LogP contribution is -2.82. The Hall–Kier alpha value is -4.32. The van der Waals surface area contributed by atoms with Crippen LogP contribution < -0.4 is 5.90 Å². The van der Waals surface area contributed by atoms with Gasteiger partial charge in [0.15, 0.2) is 11.4 Å². The summed E-state index contributed by atoms with van der Waals surface area (Å²) in [4.78, 5) is 73.9. The lowest BCUT2D eigenvalue weighted by molar-refractivity contribution is -0.464. The highest BCUT2D eigenvalue weighted by Crippen LogP contribution is 2.64. The summed E-state index contributed by atoms with van der Waals surface area (Å²) < 4.78 is 45.8. The van der Waals surface area contributed by atoms with Gasteiger partial charge in [0.2, 0.25) is 6.10 Å². The third-order valence-corrected chi connectivity index (χ3v) is 14.3. The van der Waals surface area contributed by atoms with Crippen LogP contribution in [0.5, 0.6) is 0 Å². The number of carbonyl (C=O) groups excluding carboxylic acids is 5. The van der Waals surface area contributed by atoms with E-state index in [2.05, 4.69) is 14.4 Å². The van der Waals surface area contributed by atoms with Crippen LogP contribution in [0.15, 0.2) is 71.8 Å². The molecule has 11 atom stereocenters. The summed E-state index contributed by atoms with van der Waals surface area (Å²) in [6.07, 6.45) is -9.38. The SMILES string of the molecule is CC(=O)O[C@@]12CO[C@@H]1C[C@H](O)[C@@]1(C)C(O)C(=O)C3=C(C)[C@@H](OC(=O)[C@H](OC(=O)COCCOCCCSOOON)[C@@H](C)c4ccccc4)C[C@](O)([C@@H](OC(=O)c4ccccc4)[C@H]21)C3(C)C. The molecule has 3 fully saturated rings. The zero-order valence-corrected chi connectivity index (χ0v) is 38.5. The molecule has 1 unspecified atom stereocenters. The molecule has 5 N–H and O–H groups in total. The number of rotatable bonds is 20. The first-order valence-electron chi connectivity index (χ1n) is 21.7. The molecule has 1 heterocycles. The van der Waals surface area contributed by atoms with Crippen molar-refractivity contribution in [3.8, 4) is 0 Å². The molecule has 4 aliphatic rings. The first-order chi connectivity index (χ1) is 31.3. The maximum atomic E-state index is 15.0. The van der Waals surface area contributed by atoms with E-state index in [1.54, 1.807) is 69.3 Å². The highest BCUT2D eigenvalue weighted by molar-refractivity contribution is 7.94. The number of benzene rings is 2. The second-order valence-electron chi connectivity index (χ2n) is 17.8. The fourth-order valence-electron chi connectivity index (χ4n) is 10.1. The standard InChI is InChI=1S/C46H59NO18S/c1-26(29-14-9-7-10-15-29)37(60-34(50)24-57-20-19-56-18-13-21-66-65-64-63-47)42(54)59-31-23-46(55)40(61-41(53)30-16-11-8-12-17-30)38-44(6,39(52)36(51)35(27(31)2)43(46,4)5)32(49)22-33-45(38,25-58-33)62-28(3)48/h7-12,14-17,26,31-33,37-40,49,52,55H,13,18-25,47H2,1-6H3/t26-,31-,32-,33+,37+,38-,39?,40-,44+,45-,46-/m0/s1. The Morgan fingerprint density at radius 1 is 0.955 bits per heavy atom. The summed E-state index contributed by atoms with van der Waals surface area (Å²) in [5.74, 6) is -1.56. The Morgan fingerprint density at radius 3 is 2.26 bits per heavy atom. The molecule has 2 aromatic carbocycles. The van der Waals surface area contributed by atoms with Crippen molar-refractivity contribution in [2.75, 3.05) is 38.8 Å². The molecule has 2 saturated carbocycles. The molecule has 0 amide bonds. The smallest absolute Gasteiger partial charge is 0.348 e. The monoisotopic (exact) mass is 945 g/mol. The van der Waals surface area contributed by atoms with E-state index in [0.29, 0.717) is 24.3 Å². The summed E-state index contributed by atoms with van der Waals surface area (Å²) >= 11 is 0.962. The number of nitrogens with two attached hydrogens (primary N) is 1.